The topological polar surface area (TPSA) is 52.8 Å². The number of thiazole rings is 1. The van der Waals surface area contributed by atoms with Crippen LogP contribution in [0.5, 0.6) is 5.75 Å². The van der Waals surface area contributed by atoms with Crippen molar-refractivity contribution in [3.05, 3.63) is 58.9 Å². The fourth-order valence-corrected chi connectivity index (χ4v) is 3.81. The number of amides is 1. The van der Waals surface area contributed by atoms with Crippen LogP contribution in [-0.4, -0.2) is 30.8 Å². The number of nitrogens with zero attached hydrogens (tertiary/aromatic N) is 2. The van der Waals surface area contributed by atoms with E-state index in [0.717, 1.165) is 21.5 Å². The lowest BCUT2D eigenvalue weighted by atomic mass is 10.1. The zero-order valence-corrected chi connectivity index (χ0v) is 15.8. The summed E-state index contributed by atoms with van der Waals surface area (Å²) in [5.74, 6) is 0.668. The van der Waals surface area contributed by atoms with E-state index in [9.17, 15) is 4.79 Å². The number of carbonyl (C=O) groups is 1. The second-order valence-electron chi connectivity index (χ2n) is 5.76. The van der Waals surface area contributed by atoms with Crippen molar-refractivity contribution in [1.82, 2.24) is 4.57 Å². The summed E-state index contributed by atoms with van der Waals surface area (Å²) in [5, 5.41) is 0. The molecule has 0 atom stereocenters. The number of carbonyl (C=O) groups excluding carboxylic acids is 1. The van der Waals surface area contributed by atoms with E-state index < -0.39 is 0 Å². The highest BCUT2D eigenvalue weighted by atomic mass is 32.1. The van der Waals surface area contributed by atoms with Gasteiger partial charge in [0.2, 0.25) is 0 Å². The number of hydrogen-bond acceptors (Lipinski definition) is 4. The van der Waals surface area contributed by atoms with Crippen molar-refractivity contribution in [3.63, 3.8) is 0 Å². The molecule has 2 aromatic carbocycles. The Labute approximate surface area is 156 Å². The van der Waals surface area contributed by atoms with Crippen LogP contribution in [0.1, 0.15) is 12.5 Å². The van der Waals surface area contributed by atoms with Crippen LogP contribution in [0.25, 0.3) is 10.2 Å². The third-order valence-electron chi connectivity index (χ3n) is 3.90. The summed E-state index contributed by atoms with van der Waals surface area (Å²) in [4.78, 5) is 17.5. The van der Waals surface area contributed by atoms with Crippen LogP contribution in [-0.2, 0) is 22.5 Å². The van der Waals surface area contributed by atoms with E-state index in [-0.39, 0.29) is 5.91 Å². The van der Waals surface area contributed by atoms with Crippen LogP contribution >= 0.6 is 11.3 Å². The molecule has 0 aliphatic rings. The molecule has 0 unspecified atom stereocenters. The molecule has 0 aliphatic carbocycles. The third-order valence-corrected chi connectivity index (χ3v) is 4.94. The quantitative estimate of drug-likeness (QED) is 0.640. The molecule has 1 amide bonds. The first-order valence-corrected chi connectivity index (χ1v) is 9.39. The number of benzene rings is 2. The fourth-order valence-electron chi connectivity index (χ4n) is 2.71. The molecule has 0 spiro atoms. The average Bonchev–Trinajstić information content (AvgIpc) is 2.97. The molecule has 1 aromatic heterocycles. The van der Waals surface area contributed by atoms with Crippen molar-refractivity contribution in [1.29, 1.82) is 0 Å². The molecule has 1 heterocycles. The van der Waals surface area contributed by atoms with Gasteiger partial charge < -0.3 is 14.0 Å². The largest absolute Gasteiger partial charge is 0.494 e. The lowest BCUT2D eigenvalue weighted by Crippen LogP contribution is -2.19. The Morgan fingerprint density at radius 1 is 1.19 bits per heavy atom. The zero-order chi connectivity index (χ0) is 18.4. The van der Waals surface area contributed by atoms with Crippen molar-refractivity contribution < 1.29 is 14.3 Å². The summed E-state index contributed by atoms with van der Waals surface area (Å²) in [5.41, 5.74) is 1.99. The molecule has 3 rings (SSSR count). The summed E-state index contributed by atoms with van der Waals surface area (Å²) in [6.45, 7) is 3.77. The minimum absolute atomic E-state index is 0.154. The smallest absolute Gasteiger partial charge is 0.252 e. The van der Waals surface area contributed by atoms with Gasteiger partial charge in [-0.05, 0) is 30.7 Å². The standard InChI is InChI=1S/C20H22N2O3S/c1-3-25-16-9-10-17-18(14-16)26-20(22(17)11-12-24-2)21-19(23)13-15-7-5-4-6-8-15/h4-10,14H,3,11-13H2,1-2H3. The van der Waals surface area contributed by atoms with Gasteiger partial charge in [0.1, 0.15) is 5.75 Å². The first-order valence-electron chi connectivity index (χ1n) is 8.58. The summed E-state index contributed by atoms with van der Waals surface area (Å²) in [6, 6.07) is 15.6. The minimum Gasteiger partial charge on any atom is -0.494 e. The summed E-state index contributed by atoms with van der Waals surface area (Å²) in [7, 11) is 1.67. The van der Waals surface area contributed by atoms with Gasteiger partial charge in [-0.25, -0.2) is 0 Å². The van der Waals surface area contributed by atoms with Crippen LogP contribution in [0.15, 0.2) is 53.5 Å². The van der Waals surface area contributed by atoms with Gasteiger partial charge in [0.25, 0.3) is 5.91 Å². The zero-order valence-electron chi connectivity index (χ0n) is 15.0. The maximum atomic E-state index is 12.4. The Bertz CT molecular complexity index is 945. The third kappa shape index (κ3) is 4.39. The normalized spacial score (nSPS) is 11.8. The monoisotopic (exact) mass is 370 g/mol. The van der Waals surface area contributed by atoms with Crippen molar-refractivity contribution in [2.75, 3.05) is 20.3 Å². The molecule has 26 heavy (non-hydrogen) atoms. The van der Waals surface area contributed by atoms with Gasteiger partial charge in [-0.1, -0.05) is 41.7 Å². The molecule has 0 radical (unpaired) electrons. The van der Waals surface area contributed by atoms with Crippen LogP contribution in [0.4, 0.5) is 0 Å². The van der Waals surface area contributed by atoms with Gasteiger partial charge in [0.05, 0.1) is 29.9 Å². The van der Waals surface area contributed by atoms with Gasteiger partial charge in [0.15, 0.2) is 4.80 Å². The number of ether oxygens (including phenoxy) is 2. The highest BCUT2D eigenvalue weighted by Gasteiger charge is 2.09. The van der Waals surface area contributed by atoms with Crippen molar-refractivity contribution in [2.45, 2.75) is 19.9 Å². The van der Waals surface area contributed by atoms with Gasteiger partial charge in [-0.3, -0.25) is 4.79 Å². The number of rotatable bonds is 7. The maximum absolute atomic E-state index is 12.4. The Morgan fingerprint density at radius 3 is 2.73 bits per heavy atom. The number of aromatic nitrogens is 1. The molecule has 136 valence electrons. The predicted molar refractivity (Wildman–Crippen MR) is 104 cm³/mol. The number of hydrogen-bond donors (Lipinski definition) is 0. The van der Waals surface area contributed by atoms with Crippen molar-refractivity contribution in [2.24, 2.45) is 4.99 Å². The highest BCUT2D eigenvalue weighted by Crippen LogP contribution is 2.23. The Hall–Kier alpha value is -2.44. The van der Waals surface area contributed by atoms with Gasteiger partial charge in [-0.2, -0.15) is 4.99 Å². The molecule has 6 heteroatoms. The van der Waals surface area contributed by atoms with E-state index in [1.54, 1.807) is 7.11 Å². The molecule has 0 bridgehead atoms. The molecule has 0 saturated heterocycles. The van der Waals surface area contributed by atoms with Gasteiger partial charge in [-0.15, -0.1) is 0 Å². The van der Waals surface area contributed by atoms with E-state index in [1.165, 1.54) is 11.3 Å². The maximum Gasteiger partial charge on any atom is 0.252 e. The number of methoxy groups -OCH3 is 1. The first kappa shape index (κ1) is 18.4. The fraction of sp³-hybridized carbons (Fsp3) is 0.300. The molecular formula is C20H22N2O3S. The number of fused-ring (bicyclic) bond motifs is 1. The molecule has 0 aliphatic heterocycles. The molecule has 5 nitrogen and oxygen atoms in total. The SMILES string of the molecule is CCOc1ccc2c(c1)sc(=NC(=O)Cc1ccccc1)n2CCOC. The average molecular weight is 370 g/mol. The van der Waals surface area contributed by atoms with Crippen LogP contribution < -0.4 is 9.54 Å². The molecule has 3 aromatic rings. The second kappa shape index (κ2) is 8.78. The minimum atomic E-state index is -0.154. The van der Waals surface area contributed by atoms with Gasteiger partial charge >= 0.3 is 0 Å². The van der Waals surface area contributed by atoms with Gasteiger partial charge in [0, 0.05) is 13.7 Å². The van der Waals surface area contributed by atoms with E-state index >= 15 is 0 Å². The first-order chi connectivity index (χ1) is 12.7. The van der Waals surface area contributed by atoms with E-state index in [1.807, 2.05) is 60.0 Å². The lowest BCUT2D eigenvalue weighted by molar-refractivity contribution is -0.117. The summed E-state index contributed by atoms with van der Waals surface area (Å²) >= 11 is 1.49. The van der Waals surface area contributed by atoms with Crippen LogP contribution in [0.2, 0.25) is 0 Å². The summed E-state index contributed by atoms with van der Waals surface area (Å²) < 4.78 is 13.9. The molecule has 0 N–H and O–H groups in total. The summed E-state index contributed by atoms with van der Waals surface area (Å²) in [6.07, 6.45) is 0.295. The molecule has 0 fully saturated rings. The highest BCUT2D eigenvalue weighted by molar-refractivity contribution is 7.16. The van der Waals surface area contributed by atoms with Crippen molar-refractivity contribution in [3.8, 4) is 5.75 Å². The van der Waals surface area contributed by atoms with Crippen molar-refractivity contribution >= 4 is 27.5 Å². The molecular weight excluding hydrogens is 348 g/mol. The van der Waals surface area contributed by atoms with E-state index in [4.69, 9.17) is 9.47 Å². The Balaban J connectivity index is 1.97. The second-order valence-corrected chi connectivity index (χ2v) is 6.77. The van der Waals surface area contributed by atoms with Crippen LogP contribution in [0.3, 0.4) is 0 Å². The Kier molecular flexibility index (Phi) is 6.20. The Morgan fingerprint density at radius 2 is 2.00 bits per heavy atom. The molecule has 0 saturated carbocycles. The van der Waals surface area contributed by atoms with E-state index in [0.29, 0.717) is 31.0 Å². The lowest BCUT2D eigenvalue weighted by Gasteiger charge is -2.05. The van der Waals surface area contributed by atoms with Crippen LogP contribution in [0, 0.1) is 0 Å². The van der Waals surface area contributed by atoms with E-state index in [2.05, 4.69) is 4.99 Å². The predicted octanol–water partition coefficient (Wildman–Crippen LogP) is 3.42.